The Bertz CT molecular complexity index is 731. The minimum Gasteiger partial charge on any atom is -0.465 e. The number of benzene rings is 1. The number of nitrogens with zero attached hydrogens (tertiary/aromatic N) is 2. The topological polar surface area (TPSA) is 107 Å². The van der Waals surface area contributed by atoms with E-state index in [2.05, 4.69) is 4.74 Å². The van der Waals surface area contributed by atoms with Gasteiger partial charge in [0.25, 0.3) is 15.7 Å². The van der Waals surface area contributed by atoms with Gasteiger partial charge in [0.1, 0.15) is 0 Å². The Morgan fingerprint density at radius 1 is 1.39 bits per heavy atom. The Morgan fingerprint density at radius 3 is 2.65 bits per heavy atom. The number of methoxy groups -OCH3 is 1. The number of rotatable bonds is 4. The van der Waals surface area contributed by atoms with Crippen LogP contribution in [0.4, 0.5) is 5.69 Å². The highest BCUT2D eigenvalue weighted by atomic mass is 32.2. The van der Waals surface area contributed by atoms with Crippen molar-refractivity contribution in [1.29, 1.82) is 0 Å². The van der Waals surface area contributed by atoms with Crippen molar-refractivity contribution in [2.24, 2.45) is 0 Å². The molecule has 0 radical (unpaired) electrons. The van der Waals surface area contributed by atoms with E-state index < -0.39 is 31.5 Å². The second kappa shape index (κ2) is 6.63. The van der Waals surface area contributed by atoms with Gasteiger partial charge >= 0.3 is 5.97 Å². The highest BCUT2D eigenvalue weighted by Crippen LogP contribution is 2.33. The number of carbonyl (C=O) groups excluding carboxylic acids is 1. The molecule has 0 N–H and O–H groups in total. The normalized spacial score (nSPS) is 19.3. The first-order chi connectivity index (χ1) is 10.8. The SMILES string of the molecule is COC(=O)c1cccc([N+](=O)[O-])c1S(=O)(=O)N1CCCC[C@H]1C. The summed E-state index contributed by atoms with van der Waals surface area (Å²) in [6.45, 7) is 2.03. The summed E-state index contributed by atoms with van der Waals surface area (Å²) >= 11 is 0. The van der Waals surface area contributed by atoms with Crippen molar-refractivity contribution in [1.82, 2.24) is 4.31 Å². The van der Waals surface area contributed by atoms with Crippen LogP contribution >= 0.6 is 0 Å². The van der Waals surface area contributed by atoms with Crippen LogP contribution in [0.25, 0.3) is 0 Å². The van der Waals surface area contributed by atoms with Crippen LogP contribution in [0, 0.1) is 10.1 Å². The summed E-state index contributed by atoms with van der Waals surface area (Å²) in [5.41, 5.74) is -0.940. The minimum absolute atomic E-state index is 0.274. The molecular weight excluding hydrogens is 324 g/mol. The lowest BCUT2D eigenvalue weighted by Gasteiger charge is -2.32. The zero-order valence-electron chi connectivity index (χ0n) is 12.9. The van der Waals surface area contributed by atoms with E-state index in [4.69, 9.17) is 0 Å². The summed E-state index contributed by atoms with van der Waals surface area (Å²) in [5, 5.41) is 11.3. The van der Waals surface area contributed by atoms with Gasteiger partial charge < -0.3 is 4.74 Å². The van der Waals surface area contributed by atoms with Gasteiger partial charge in [0.15, 0.2) is 4.90 Å². The number of carbonyl (C=O) groups is 1. The first kappa shape index (κ1) is 17.4. The van der Waals surface area contributed by atoms with Crippen molar-refractivity contribution in [3.8, 4) is 0 Å². The third kappa shape index (κ3) is 3.20. The molecule has 0 unspecified atom stereocenters. The third-order valence-corrected chi connectivity index (χ3v) is 6.01. The fourth-order valence-electron chi connectivity index (χ4n) is 2.76. The predicted molar refractivity (Wildman–Crippen MR) is 81.6 cm³/mol. The molecule has 0 amide bonds. The lowest BCUT2D eigenvalue weighted by Crippen LogP contribution is -2.42. The van der Waals surface area contributed by atoms with Crippen LogP contribution in [-0.2, 0) is 14.8 Å². The van der Waals surface area contributed by atoms with Crippen LogP contribution < -0.4 is 0 Å². The molecule has 1 fully saturated rings. The maximum atomic E-state index is 13.0. The number of hydrogen-bond acceptors (Lipinski definition) is 6. The van der Waals surface area contributed by atoms with Gasteiger partial charge in [0.2, 0.25) is 0 Å². The maximum absolute atomic E-state index is 13.0. The second-order valence-corrected chi connectivity index (χ2v) is 7.19. The number of piperidine rings is 1. The minimum atomic E-state index is -4.18. The van der Waals surface area contributed by atoms with E-state index >= 15 is 0 Å². The zero-order valence-corrected chi connectivity index (χ0v) is 13.7. The molecule has 1 saturated heterocycles. The van der Waals surface area contributed by atoms with Gasteiger partial charge in [-0.2, -0.15) is 4.31 Å². The van der Waals surface area contributed by atoms with E-state index in [1.54, 1.807) is 6.92 Å². The Labute approximate surface area is 134 Å². The molecule has 1 aliphatic rings. The average Bonchev–Trinajstić information content (AvgIpc) is 2.53. The van der Waals surface area contributed by atoms with Crippen LogP contribution in [0.3, 0.4) is 0 Å². The first-order valence-electron chi connectivity index (χ1n) is 7.18. The van der Waals surface area contributed by atoms with E-state index in [-0.39, 0.29) is 18.2 Å². The van der Waals surface area contributed by atoms with E-state index in [1.807, 2.05) is 0 Å². The second-order valence-electron chi connectivity index (χ2n) is 5.36. The van der Waals surface area contributed by atoms with E-state index in [1.165, 1.54) is 16.4 Å². The predicted octanol–water partition coefficient (Wildman–Crippen LogP) is 1.94. The lowest BCUT2D eigenvalue weighted by molar-refractivity contribution is -0.387. The molecule has 1 atom stereocenters. The van der Waals surface area contributed by atoms with Crippen molar-refractivity contribution in [3.05, 3.63) is 33.9 Å². The van der Waals surface area contributed by atoms with E-state index in [0.29, 0.717) is 12.8 Å². The van der Waals surface area contributed by atoms with Gasteiger partial charge in [0.05, 0.1) is 17.6 Å². The average molecular weight is 342 g/mol. The van der Waals surface area contributed by atoms with Crippen molar-refractivity contribution in [2.75, 3.05) is 13.7 Å². The van der Waals surface area contributed by atoms with Crippen molar-refractivity contribution >= 4 is 21.7 Å². The molecule has 0 aromatic heterocycles. The molecule has 0 saturated carbocycles. The molecule has 9 heteroatoms. The number of nitro groups is 1. The monoisotopic (exact) mass is 342 g/mol. The lowest BCUT2D eigenvalue weighted by atomic mass is 10.1. The first-order valence-corrected chi connectivity index (χ1v) is 8.62. The summed E-state index contributed by atoms with van der Waals surface area (Å²) < 4.78 is 31.8. The van der Waals surface area contributed by atoms with Gasteiger partial charge in [-0.25, -0.2) is 13.2 Å². The molecule has 126 valence electrons. The molecule has 23 heavy (non-hydrogen) atoms. The van der Waals surface area contributed by atoms with Gasteiger partial charge in [-0.1, -0.05) is 12.5 Å². The fourth-order valence-corrected chi connectivity index (χ4v) is 4.78. The maximum Gasteiger partial charge on any atom is 0.339 e. The Morgan fingerprint density at radius 2 is 2.09 bits per heavy atom. The van der Waals surface area contributed by atoms with Gasteiger partial charge in [-0.3, -0.25) is 10.1 Å². The van der Waals surface area contributed by atoms with E-state index in [9.17, 15) is 23.3 Å². The summed E-state index contributed by atoms with van der Waals surface area (Å²) in [6, 6.07) is 3.29. The summed E-state index contributed by atoms with van der Waals surface area (Å²) in [4.78, 5) is 21.8. The van der Waals surface area contributed by atoms with Crippen LogP contribution in [0.15, 0.2) is 23.1 Å². The molecule has 1 heterocycles. The molecule has 2 rings (SSSR count). The number of nitro benzene ring substituents is 1. The molecular formula is C14H18N2O6S. The van der Waals surface area contributed by atoms with Crippen LogP contribution in [-0.4, -0.2) is 43.3 Å². The summed E-state index contributed by atoms with van der Waals surface area (Å²) in [5.74, 6) is -0.920. The number of sulfonamides is 1. The molecule has 8 nitrogen and oxygen atoms in total. The van der Waals surface area contributed by atoms with Crippen LogP contribution in [0.1, 0.15) is 36.5 Å². The molecule has 0 spiro atoms. The van der Waals surface area contributed by atoms with E-state index in [0.717, 1.165) is 19.6 Å². The molecule has 1 aromatic rings. The quantitative estimate of drug-likeness (QED) is 0.470. The largest absolute Gasteiger partial charge is 0.465 e. The highest BCUT2D eigenvalue weighted by Gasteiger charge is 2.39. The van der Waals surface area contributed by atoms with Crippen LogP contribution in [0.5, 0.6) is 0 Å². The van der Waals surface area contributed by atoms with Crippen molar-refractivity contribution in [3.63, 3.8) is 0 Å². The zero-order chi connectivity index (χ0) is 17.2. The van der Waals surface area contributed by atoms with Gasteiger partial charge in [0, 0.05) is 18.7 Å². The number of ether oxygens (including phenoxy) is 1. The highest BCUT2D eigenvalue weighted by molar-refractivity contribution is 7.89. The number of hydrogen-bond donors (Lipinski definition) is 0. The van der Waals surface area contributed by atoms with Crippen LogP contribution in [0.2, 0.25) is 0 Å². The number of esters is 1. The molecule has 0 bridgehead atoms. The third-order valence-electron chi connectivity index (χ3n) is 3.90. The summed E-state index contributed by atoms with van der Waals surface area (Å²) in [7, 11) is -3.08. The standard InChI is InChI=1S/C14H18N2O6S/c1-10-6-3-4-9-15(10)23(20,21)13-11(14(17)22-2)7-5-8-12(13)16(18)19/h5,7-8,10H,3-4,6,9H2,1-2H3/t10-/m1/s1. The molecule has 0 aliphatic carbocycles. The Kier molecular flexibility index (Phi) is 5.00. The Balaban J connectivity index is 2.68. The summed E-state index contributed by atoms with van der Waals surface area (Å²) in [6.07, 6.45) is 2.25. The molecule has 1 aromatic carbocycles. The van der Waals surface area contributed by atoms with Crippen molar-refractivity contribution < 1.29 is 22.9 Å². The Hall–Kier alpha value is -2.00. The fraction of sp³-hybridized carbons (Fsp3) is 0.500. The molecule has 1 aliphatic heterocycles. The smallest absolute Gasteiger partial charge is 0.339 e. The van der Waals surface area contributed by atoms with Gasteiger partial charge in [-0.15, -0.1) is 0 Å². The van der Waals surface area contributed by atoms with Gasteiger partial charge in [-0.05, 0) is 25.8 Å². The van der Waals surface area contributed by atoms with Crippen molar-refractivity contribution in [2.45, 2.75) is 37.1 Å².